The smallest absolute Gasteiger partial charge is 0.250 e. The lowest BCUT2D eigenvalue weighted by atomic mass is 10.1. The summed E-state index contributed by atoms with van der Waals surface area (Å²) < 4.78 is 5.23. The lowest BCUT2D eigenvalue weighted by Crippen LogP contribution is -2.26. The van der Waals surface area contributed by atoms with E-state index in [1.54, 1.807) is 13.2 Å². The van der Waals surface area contributed by atoms with Crippen molar-refractivity contribution in [3.8, 4) is 17.1 Å². The Morgan fingerprint density at radius 1 is 1.14 bits per heavy atom. The Hall–Kier alpha value is -3.19. The Morgan fingerprint density at radius 2 is 1.90 bits per heavy atom. The number of para-hydroxylation sites is 1. The molecule has 1 aliphatic heterocycles. The largest absolute Gasteiger partial charge is 0.497 e. The van der Waals surface area contributed by atoms with Crippen molar-refractivity contribution < 1.29 is 9.53 Å². The molecule has 1 fully saturated rings. The van der Waals surface area contributed by atoms with Crippen molar-refractivity contribution in [2.45, 2.75) is 12.8 Å². The average Bonchev–Trinajstić information content (AvgIpc) is 3.26. The second kappa shape index (κ2) is 8.45. The zero-order chi connectivity index (χ0) is 20.2. The quantitative estimate of drug-likeness (QED) is 0.643. The van der Waals surface area contributed by atoms with Gasteiger partial charge in [-0.3, -0.25) is 4.79 Å². The number of likely N-dealkylation sites (tertiary alicyclic amines) is 1. The Morgan fingerprint density at radius 3 is 2.59 bits per heavy atom. The van der Waals surface area contributed by atoms with Crippen molar-refractivity contribution in [2.24, 2.45) is 5.73 Å². The first kappa shape index (κ1) is 19.1. The normalized spacial score (nSPS) is 14.2. The molecule has 0 radical (unpaired) electrons. The highest BCUT2D eigenvalue weighted by Gasteiger charge is 2.16. The molecular formula is C22H25N5O2. The molecule has 7 nitrogen and oxygen atoms in total. The lowest BCUT2D eigenvalue weighted by molar-refractivity contribution is 0.100. The van der Waals surface area contributed by atoms with Crippen LogP contribution in [0.3, 0.4) is 0 Å². The van der Waals surface area contributed by atoms with Crippen molar-refractivity contribution in [1.82, 2.24) is 14.9 Å². The van der Waals surface area contributed by atoms with Crippen molar-refractivity contribution in [2.75, 3.05) is 38.6 Å². The van der Waals surface area contributed by atoms with Crippen molar-refractivity contribution in [3.05, 3.63) is 48.0 Å². The summed E-state index contributed by atoms with van der Waals surface area (Å²) in [7, 11) is 1.63. The molecule has 2 heterocycles. The van der Waals surface area contributed by atoms with Gasteiger partial charge in [0.15, 0.2) is 5.82 Å². The van der Waals surface area contributed by atoms with Gasteiger partial charge in [-0.05, 0) is 62.3 Å². The third-order valence-electron chi connectivity index (χ3n) is 5.26. The molecule has 0 unspecified atom stereocenters. The van der Waals surface area contributed by atoms with Crippen LogP contribution in [0, 0.1) is 0 Å². The van der Waals surface area contributed by atoms with Gasteiger partial charge in [0.05, 0.1) is 18.2 Å². The number of ether oxygens (including phenoxy) is 1. The van der Waals surface area contributed by atoms with Crippen molar-refractivity contribution in [3.63, 3.8) is 0 Å². The van der Waals surface area contributed by atoms with E-state index in [0.29, 0.717) is 22.7 Å². The Balaban J connectivity index is 1.72. The van der Waals surface area contributed by atoms with Crippen LogP contribution in [0.2, 0.25) is 0 Å². The van der Waals surface area contributed by atoms with E-state index >= 15 is 0 Å². The molecule has 3 aromatic rings. The number of anilines is 1. The van der Waals surface area contributed by atoms with Gasteiger partial charge < -0.3 is 20.7 Å². The van der Waals surface area contributed by atoms with E-state index in [1.807, 2.05) is 36.4 Å². The number of carbonyl (C=O) groups excluding carboxylic acids is 1. The second-order valence-electron chi connectivity index (χ2n) is 7.17. The summed E-state index contributed by atoms with van der Waals surface area (Å²) in [4.78, 5) is 23.8. The summed E-state index contributed by atoms with van der Waals surface area (Å²) in [5.41, 5.74) is 7.39. The monoisotopic (exact) mass is 391 g/mol. The summed E-state index contributed by atoms with van der Waals surface area (Å²) in [6, 6.07) is 13.0. The first-order valence-corrected chi connectivity index (χ1v) is 9.87. The van der Waals surface area contributed by atoms with Gasteiger partial charge in [0.2, 0.25) is 0 Å². The van der Waals surface area contributed by atoms with Crippen LogP contribution in [-0.4, -0.2) is 54.1 Å². The van der Waals surface area contributed by atoms with E-state index in [-0.39, 0.29) is 0 Å². The molecule has 150 valence electrons. The van der Waals surface area contributed by atoms with Gasteiger partial charge >= 0.3 is 0 Å². The number of rotatable bonds is 7. The number of carbonyl (C=O) groups is 1. The fraction of sp³-hybridized carbons (Fsp3) is 0.318. The maximum Gasteiger partial charge on any atom is 0.250 e. The minimum absolute atomic E-state index is 0.391. The van der Waals surface area contributed by atoms with Gasteiger partial charge in [0.25, 0.3) is 5.91 Å². The molecule has 0 saturated carbocycles. The molecule has 7 heteroatoms. The van der Waals surface area contributed by atoms with Crippen molar-refractivity contribution >= 4 is 22.6 Å². The number of nitrogens with zero attached hydrogens (tertiary/aromatic N) is 3. The molecule has 1 aromatic heterocycles. The minimum Gasteiger partial charge on any atom is -0.497 e. The van der Waals surface area contributed by atoms with Crippen LogP contribution < -0.4 is 15.8 Å². The van der Waals surface area contributed by atoms with Crippen LogP contribution in [-0.2, 0) is 0 Å². The highest BCUT2D eigenvalue weighted by atomic mass is 16.5. The maximum atomic E-state index is 12.0. The molecule has 29 heavy (non-hydrogen) atoms. The highest BCUT2D eigenvalue weighted by Crippen LogP contribution is 2.28. The van der Waals surface area contributed by atoms with Gasteiger partial charge in [0, 0.05) is 24.0 Å². The molecule has 2 aromatic carbocycles. The van der Waals surface area contributed by atoms with E-state index in [2.05, 4.69) is 15.2 Å². The zero-order valence-electron chi connectivity index (χ0n) is 16.5. The molecule has 1 aliphatic rings. The first-order chi connectivity index (χ1) is 14.2. The van der Waals surface area contributed by atoms with Gasteiger partial charge in [-0.1, -0.05) is 6.07 Å². The zero-order valence-corrected chi connectivity index (χ0v) is 16.5. The number of fused-ring (bicyclic) bond motifs is 1. The second-order valence-corrected chi connectivity index (χ2v) is 7.17. The Kier molecular flexibility index (Phi) is 5.57. The van der Waals surface area contributed by atoms with E-state index in [9.17, 15) is 4.79 Å². The SMILES string of the molecule is COc1ccc(-c2nc(NCCN3CCCC3)c3cccc(C(N)=O)c3n2)cc1. The number of benzene rings is 2. The molecule has 3 N–H and O–H groups in total. The number of nitrogens with two attached hydrogens (primary N) is 1. The number of nitrogens with one attached hydrogen (secondary N) is 1. The van der Waals surface area contributed by atoms with E-state index in [4.69, 9.17) is 15.5 Å². The van der Waals surface area contributed by atoms with Gasteiger partial charge in [-0.2, -0.15) is 0 Å². The molecule has 4 rings (SSSR count). The van der Waals surface area contributed by atoms with Crippen LogP contribution in [0.5, 0.6) is 5.75 Å². The topological polar surface area (TPSA) is 93.4 Å². The predicted molar refractivity (Wildman–Crippen MR) is 114 cm³/mol. The van der Waals surface area contributed by atoms with Gasteiger partial charge in [-0.25, -0.2) is 9.97 Å². The number of hydrogen-bond donors (Lipinski definition) is 2. The van der Waals surface area contributed by atoms with E-state index in [1.165, 1.54) is 12.8 Å². The molecule has 0 aliphatic carbocycles. The number of methoxy groups -OCH3 is 1. The van der Waals surface area contributed by atoms with Gasteiger partial charge in [0.1, 0.15) is 11.6 Å². The third kappa shape index (κ3) is 4.14. The number of amides is 1. The van der Waals surface area contributed by atoms with E-state index < -0.39 is 5.91 Å². The maximum absolute atomic E-state index is 12.0. The molecule has 1 amide bonds. The van der Waals surface area contributed by atoms with Crippen molar-refractivity contribution in [1.29, 1.82) is 0 Å². The standard InChI is InChI=1S/C22H25N5O2/c1-29-16-9-7-15(8-10-16)21-25-19-17(20(23)28)5-4-6-18(19)22(26-21)24-11-14-27-12-2-3-13-27/h4-10H,2-3,11-14H2,1H3,(H2,23,28)(H,24,25,26). The molecule has 0 atom stereocenters. The number of aromatic nitrogens is 2. The molecular weight excluding hydrogens is 366 g/mol. The highest BCUT2D eigenvalue weighted by molar-refractivity contribution is 6.07. The molecule has 0 spiro atoms. The Labute approximate surface area is 169 Å². The van der Waals surface area contributed by atoms with Gasteiger partial charge in [-0.15, -0.1) is 0 Å². The fourth-order valence-corrected chi connectivity index (χ4v) is 3.69. The van der Waals surface area contributed by atoms with Crippen LogP contribution in [0.4, 0.5) is 5.82 Å². The minimum atomic E-state index is -0.502. The predicted octanol–water partition coefficient (Wildman–Crippen LogP) is 2.91. The number of primary amides is 1. The molecule has 0 bridgehead atoms. The van der Waals surface area contributed by atoms with Crippen LogP contribution in [0.25, 0.3) is 22.3 Å². The van der Waals surface area contributed by atoms with Crippen LogP contribution in [0.15, 0.2) is 42.5 Å². The number of hydrogen-bond acceptors (Lipinski definition) is 6. The first-order valence-electron chi connectivity index (χ1n) is 9.87. The summed E-state index contributed by atoms with van der Waals surface area (Å²) in [6.45, 7) is 4.03. The summed E-state index contributed by atoms with van der Waals surface area (Å²) >= 11 is 0. The fourth-order valence-electron chi connectivity index (χ4n) is 3.69. The molecule has 1 saturated heterocycles. The van der Waals surface area contributed by atoms with Crippen LogP contribution >= 0.6 is 0 Å². The third-order valence-corrected chi connectivity index (χ3v) is 5.26. The average molecular weight is 391 g/mol. The lowest BCUT2D eigenvalue weighted by Gasteiger charge is -2.16. The summed E-state index contributed by atoms with van der Waals surface area (Å²) in [6.07, 6.45) is 2.53. The summed E-state index contributed by atoms with van der Waals surface area (Å²) in [5.74, 6) is 1.51. The van der Waals surface area contributed by atoms with E-state index in [0.717, 1.165) is 42.9 Å². The summed E-state index contributed by atoms with van der Waals surface area (Å²) in [5, 5.41) is 4.24. The van der Waals surface area contributed by atoms with Crippen LogP contribution in [0.1, 0.15) is 23.2 Å². The Bertz CT molecular complexity index is 1010.